The number of halogens is 2. The molecule has 0 aliphatic rings. The van der Waals surface area contributed by atoms with E-state index in [1.165, 1.54) is 18.2 Å². The van der Waals surface area contributed by atoms with Crippen LogP contribution in [0, 0.1) is 11.6 Å². The molecule has 88 valence electrons. The van der Waals surface area contributed by atoms with Gasteiger partial charge in [0.15, 0.2) is 0 Å². The van der Waals surface area contributed by atoms with Crippen LogP contribution in [-0.4, -0.2) is 0 Å². The quantitative estimate of drug-likeness (QED) is 0.785. The number of rotatable bonds is 2. The molecule has 2 aromatic carbocycles. The number of nitrogen functional groups attached to an aromatic ring is 1. The zero-order valence-corrected chi connectivity index (χ0v) is 9.50. The van der Waals surface area contributed by atoms with Gasteiger partial charge in [0.05, 0.1) is 0 Å². The minimum absolute atomic E-state index is 0.333. The maximum absolute atomic E-state index is 13.8. The first-order valence-electron chi connectivity index (χ1n) is 5.45. The van der Waals surface area contributed by atoms with Crippen molar-refractivity contribution in [3.63, 3.8) is 0 Å². The predicted octanol–water partition coefficient (Wildman–Crippen LogP) is 3.78. The molecule has 0 fully saturated rings. The van der Waals surface area contributed by atoms with Gasteiger partial charge in [-0.15, -0.1) is 0 Å². The highest BCUT2D eigenvalue weighted by Crippen LogP contribution is 2.27. The summed E-state index contributed by atoms with van der Waals surface area (Å²) in [5.74, 6) is -0.716. The highest BCUT2D eigenvalue weighted by molar-refractivity contribution is 5.68. The highest BCUT2D eigenvalue weighted by atomic mass is 19.1. The first-order chi connectivity index (χ1) is 8.11. The van der Waals surface area contributed by atoms with Crippen LogP contribution in [0.5, 0.6) is 0 Å². The van der Waals surface area contributed by atoms with Crippen molar-refractivity contribution in [2.24, 2.45) is 0 Å². The van der Waals surface area contributed by atoms with Crippen LogP contribution in [0.25, 0.3) is 11.1 Å². The molecule has 0 aromatic heterocycles. The first kappa shape index (κ1) is 11.6. The Morgan fingerprint density at radius 3 is 2.29 bits per heavy atom. The third-order valence-corrected chi connectivity index (χ3v) is 2.77. The average Bonchev–Trinajstić information content (AvgIpc) is 2.31. The Balaban J connectivity index is 2.55. The lowest BCUT2D eigenvalue weighted by molar-refractivity contribution is 0.625. The van der Waals surface area contributed by atoms with Gasteiger partial charge in [-0.25, -0.2) is 8.78 Å². The van der Waals surface area contributed by atoms with Crippen molar-refractivity contribution in [2.45, 2.75) is 13.3 Å². The van der Waals surface area contributed by atoms with Crippen molar-refractivity contribution in [1.82, 2.24) is 0 Å². The molecule has 0 heterocycles. The summed E-state index contributed by atoms with van der Waals surface area (Å²) < 4.78 is 26.6. The summed E-state index contributed by atoms with van der Waals surface area (Å²) in [5, 5.41) is 0. The normalized spacial score (nSPS) is 10.5. The Kier molecular flexibility index (Phi) is 3.09. The van der Waals surface area contributed by atoms with Gasteiger partial charge in [-0.1, -0.05) is 19.1 Å². The van der Waals surface area contributed by atoms with E-state index < -0.39 is 0 Å². The molecule has 1 nitrogen and oxygen atoms in total. The third kappa shape index (κ3) is 2.28. The molecule has 2 rings (SSSR count). The van der Waals surface area contributed by atoms with Crippen LogP contribution in [0.2, 0.25) is 0 Å². The molecule has 2 N–H and O–H groups in total. The van der Waals surface area contributed by atoms with E-state index in [0.717, 1.165) is 12.0 Å². The summed E-state index contributed by atoms with van der Waals surface area (Å²) in [4.78, 5) is 0. The number of hydrogen-bond donors (Lipinski definition) is 1. The smallest absolute Gasteiger partial charge is 0.133 e. The van der Waals surface area contributed by atoms with Gasteiger partial charge in [0.2, 0.25) is 0 Å². The zero-order chi connectivity index (χ0) is 12.4. The van der Waals surface area contributed by atoms with E-state index in [4.69, 9.17) is 5.73 Å². The van der Waals surface area contributed by atoms with E-state index in [0.29, 0.717) is 16.8 Å². The van der Waals surface area contributed by atoms with E-state index in [9.17, 15) is 8.78 Å². The summed E-state index contributed by atoms with van der Waals surface area (Å²) in [5.41, 5.74) is 8.16. The molecule has 0 saturated carbocycles. The van der Waals surface area contributed by atoms with Gasteiger partial charge < -0.3 is 5.73 Å². The number of anilines is 1. The van der Waals surface area contributed by atoms with E-state index in [2.05, 4.69) is 0 Å². The molecule has 0 atom stereocenters. The summed E-state index contributed by atoms with van der Waals surface area (Å²) >= 11 is 0. The summed E-state index contributed by atoms with van der Waals surface area (Å²) in [6.45, 7) is 1.96. The monoisotopic (exact) mass is 233 g/mol. The van der Waals surface area contributed by atoms with E-state index in [1.54, 1.807) is 18.2 Å². The second-order valence-corrected chi connectivity index (χ2v) is 3.89. The molecule has 3 heteroatoms. The molecule has 0 bridgehead atoms. The Labute approximate surface area is 98.9 Å². The lowest BCUT2D eigenvalue weighted by Gasteiger charge is -2.09. The predicted molar refractivity (Wildman–Crippen MR) is 65.6 cm³/mol. The fourth-order valence-corrected chi connectivity index (χ4v) is 1.79. The Bertz CT molecular complexity index is 533. The molecule has 0 radical (unpaired) electrons. The molecule has 0 aliphatic heterocycles. The number of nitrogens with two attached hydrogens (primary N) is 1. The Morgan fingerprint density at radius 1 is 1.06 bits per heavy atom. The van der Waals surface area contributed by atoms with Crippen molar-refractivity contribution >= 4 is 5.69 Å². The van der Waals surface area contributed by atoms with Crippen LogP contribution in [0.4, 0.5) is 14.5 Å². The fourth-order valence-electron chi connectivity index (χ4n) is 1.79. The molecule has 0 amide bonds. The fraction of sp³-hybridized carbons (Fsp3) is 0.143. The van der Waals surface area contributed by atoms with Crippen molar-refractivity contribution < 1.29 is 8.78 Å². The van der Waals surface area contributed by atoms with Gasteiger partial charge in [-0.05, 0) is 41.8 Å². The molecular weight excluding hydrogens is 220 g/mol. The minimum Gasteiger partial charge on any atom is -0.398 e. The van der Waals surface area contributed by atoms with Crippen molar-refractivity contribution in [2.75, 3.05) is 5.73 Å². The van der Waals surface area contributed by atoms with Gasteiger partial charge >= 0.3 is 0 Å². The molecule has 2 aromatic rings. The average molecular weight is 233 g/mol. The standard InChI is InChI=1S/C14H13F2N/c1-2-9-7-12(13(16)8-14(9)17)10-3-5-11(15)6-4-10/h3-8H,2,17H2,1H3. The highest BCUT2D eigenvalue weighted by Gasteiger charge is 2.09. The van der Waals surface area contributed by atoms with Crippen molar-refractivity contribution in [1.29, 1.82) is 0 Å². The molecule has 0 aliphatic carbocycles. The molecular formula is C14H13F2N. The van der Waals surface area contributed by atoms with Gasteiger partial charge in [0.1, 0.15) is 11.6 Å². The van der Waals surface area contributed by atoms with E-state index in [-0.39, 0.29) is 11.6 Å². The van der Waals surface area contributed by atoms with Crippen LogP contribution in [0.3, 0.4) is 0 Å². The largest absolute Gasteiger partial charge is 0.398 e. The summed E-state index contributed by atoms with van der Waals surface area (Å²) in [6.07, 6.45) is 0.736. The van der Waals surface area contributed by atoms with Crippen LogP contribution in [-0.2, 0) is 6.42 Å². The topological polar surface area (TPSA) is 26.0 Å². The maximum Gasteiger partial charge on any atom is 0.133 e. The maximum atomic E-state index is 13.8. The van der Waals surface area contributed by atoms with E-state index >= 15 is 0 Å². The number of hydrogen-bond acceptors (Lipinski definition) is 1. The lowest BCUT2D eigenvalue weighted by Crippen LogP contribution is -1.96. The molecule has 0 saturated heterocycles. The van der Waals surface area contributed by atoms with Gasteiger partial charge in [-0.3, -0.25) is 0 Å². The Hall–Kier alpha value is -1.90. The summed E-state index contributed by atoms with van der Waals surface area (Å²) in [6, 6.07) is 8.79. The van der Waals surface area contributed by atoms with Gasteiger partial charge in [0.25, 0.3) is 0 Å². The second-order valence-electron chi connectivity index (χ2n) is 3.89. The Morgan fingerprint density at radius 2 is 1.71 bits per heavy atom. The molecule has 0 spiro atoms. The van der Waals surface area contributed by atoms with Gasteiger partial charge in [-0.2, -0.15) is 0 Å². The van der Waals surface area contributed by atoms with Crippen molar-refractivity contribution in [3.05, 3.63) is 53.6 Å². The number of aryl methyl sites for hydroxylation is 1. The van der Waals surface area contributed by atoms with Crippen LogP contribution < -0.4 is 5.73 Å². The summed E-state index contributed by atoms with van der Waals surface area (Å²) in [7, 11) is 0. The second kappa shape index (κ2) is 4.53. The van der Waals surface area contributed by atoms with E-state index in [1.807, 2.05) is 6.92 Å². The molecule has 17 heavy (non-hydrogen) atoms. The van der Waals surface area contributed by atoms with Crippen LogP contribution in [0.1, 0.15) is 12.5 Å². The van der Waals surface area contributed by atoms with Gasteiger partial charge in [0, 0.05) is 11.3 Å². The number of benzene rings is 2. The lowest BCUT2D eigenvalue weighted by atomic mass is 10.00. The first-order valence-corrected chi connectivity index (χ1v) is 5.45. The third-order valence-electron chi connectivity index (χ3n) is 2.77. The van der Waals surface area contributed by atoms with Crippen molar-refractivity contribution in [3.8, 4) is 11.1 Å². The molecule has 0 unspecified atom stereocenters. The van der Waals surface area contributed by atoms with Crippen LogP contribution >= 0.6 is 0 Å². The SMILES string of the molecule is CCc1cc(-c2ccc(F)cc2)c(F)cc1N. The zero-order valence-electron chi connectivity index (χ0n) is 9.50. The van der Waals surface area contributed by atoms with Crippen LogP contribution in [0.15, 0.2) is 36.4 Å². The minimum atomic E-state index is -0.383.